The zero-order chi connectivity index (χ0) is 7.11. The van der Waals surface area contributed by atoms with Crippen LogP contribution in [0.2, 0.25) is 0 Å². The molecule has 9 heavy (non-hydrogen) atoms. The van der Waals surface area contributed by atoms with Gasteiger partial charge in [0.1, 0.15) is 0 Å². The maximum atomic E-state index is 5.66. The molecule has 0 radical (unpaired) electrons. The summed E-state index contributed by atoms with van der Waals surface area (Å²) in [5, 5.41) is 0. The van der Waals surface area contributed by atoms with Crippen molar-refractivity contribution in [1.29, 1.82) is 0 Å². The molecule has 0 spiro atoms. The Bertz CT molecular complexity index is 84.6. The summed E-state index contributed by atoms with van der Waals surface area (Å²) in [6, 6.07) is 0. The Balaban J connectivity index is 3.53. The smallest absolute Gasteiger partial charge is 0.0433 e. The molecule has 0 unspecified atom stereocenters. The van der Waals surface area contributed by atoms with Crippen molar-refractivity contribution in [2.75, 3.05) is 5.88 Å². The number of hydrogen-bond donors (Lipinski definition) is 0. The number of halogens is 1. The third kappa shape index (κ3) is 4.53. The van der Waals surface area contributed by atoms with Gasteiger partial charge in [-0.2, -0.15) is 0 Å². The van der Waals surface area contributed by atoms with Crippen LogP contribution >= 0.6 is 11.6 Å². The second-order valence-electron chi connectivity index (χ2n) is 2.15. The third-order valence-corrected chi connectivity index (χ3v) is 1.58. The van der Waals surface area contributed by atoms with Crippen molar-refractivity contribution >= 4 is 11.6 Å². The van der Waals surface area contributed by atoms with Crippen LogP contribution in [0.3, 0.4) is 0 Å². The normalized spacial score (nSPS) is 12.1. The van der Waals surface area contributed by atoms with Crippen LogP contribution in [0, 0.1) is 0 Å². The lowest BCUT2D eigenvalue weighted by Crippen LogP contribution is -1.82. The van der Waals surface area contributed by atoms with E-state index in [4.69, 9.17) is 11.6 Å². The van der Waals surface area contributed by atoms with Crippen LogP contribution in [-0.2, 0) is 0 Å². The Kier molecular flexibility index (Phi) is 6.18. The second kappa shape index (κ2) is 6.15. The van der Waals surface area contributed by atoms with E-state index < -0.39 is 0 Å². The third-order valence-electron chi connectivity index (χ3n) is 1.24. The first-order valence-electron chi connectivity index (χ1n) is 3.59. The van der Waals surface area contributed by atoms with Crippen LogP contribution in [0.15, 0.2) is 11.6 Å². The summed E-state index contributed by atoms with van der Waals surface area (Å²) in [5.41, 5.74) is 1.39. The lowest BCUT2D eigenvalue weighted by Gasteiger charge is -1.97. The Morgan fingerprint density at radius 1 is 1.44 bits per heavy atom. The molecule has 0 aliphatic heterocycles. The van der Waals surface area contributed by atoms with Crippen molar-refractivity contribution in [3.8, 4) is 0 Å². The lowest BCUT2D eigenvalue weighted by molar-refractivity contribution is 0.898. The molecule has 1 heteroatoms. The highest BCUT2D eigenvalue weighted by Crippen LogP contribution is 2.07. The number of rotatable bonds is 4. The largest absolute Gasteiger partial charge is 0.122 e. The van der Waals surface area contributed by atoms with Crippen molar-refractivity contribution < 1.29 is 0 Å². The van der Waals surface area contributed by atoms with Crippen LogP contribution in [0.5, 0.6) is 0 Å². The lowest BCUT2D eigenvalue weighted by atomic mass is 10.1. The molecule has 0 aromatic heterocycles. The fraction of sp³-hybridized carbons (Fsp3) is 0.750. The van der Waals surface area contributed by atoms with Crippen LogP contribution < -0.4 is 0 Å². The Labute approximate surface area is 62.9 Å². The number of hydrogen-bond acceptors (Lipinski definition) is 0. The molecule has 0 fully saturated rings. The highest BCUT2D eigenvalue weighted by atomic mass is 35.5. The topological polar surface area (TPSA) is 0 Å². The van der Waals surface area contributed by atoms with E-state index in [0.29, 0.717) is 5.88 Å². The summed E-state index contributed by atoms with van der Waals surface area (Å²) in [5.74, 6) is 0.710. The Morgan fingerprint density at radius 3 is 2.44 bits per heavy atom. The van der Waals surface area contributed by atoms with Gasteiger partial charge in [0.25, 0.3) is 0 Å². The van der Waals surface area contributed by atoms with E-state index in [9.17, 15) is 0 Å². The molecule has 0 aromatic rings. The Hall–Kier alpha value is 0.0300. The van der Waals surface area contributed by atoms with Crippen molar-refractivity contribution in [3.05, 3.63) is 11.6 Å². The molecule has 0 aliphatic carbocycles. The van der Waals surface area contributed by atoms with Gasteiger partial charge in [0, 0.05) is 5.88 Å². The van der Waals surface area contributed by atoms with Gasteiger partial charge in [-0.15, -0.1) is 11.6 Å². The zero-order valence-corrected chi connectivity index (χ0v) is 7.04. The van der Waals surface area contributed by atoms with Gasteiger partial charge in [0.2, 0.25) is 0 Å². The average molecular weight is 147 g/mol. The van der Waals surface area contributed by atoms with Crippen molar-refractivity contribution in [2.45, 2.75) is 33.1 Å². The van der Waals surface area contributed by atoms with Crippen molar-refractivity contribution in [2.24, 2.45) is 0 Å². The maximum absolute atomic E-state index is 5.66. The molecule has 0 nitrogen and oxygen atoms in total. The zero-order valence-electron chi connectivity index (χ0n) is 6.28. The summed E-state index contributed by atoms with van der Waals surface area (Å²) < 4.78 is 0. The predicted molar refractivity (Wildman–Crippen MR) is 44.0 cm³/mol. The summed E-state index contributed by atoms with van der Waals surface area (Å²) in [7, 11) is 0. The first-order chi connectivity index (χ1) is 4.35. The number of allylic oxidation sites excluding steroid dienone is 2. The fourth-order valence-electron chi connectivity index (χ4n) is 0.833. The van der Waals surface area contributed by atoms with Crippen LogP contribution in [-0.4, -0.2) is 5.88 Å². The first-order valence-corrected chi connectivity index (χ1v) is 4.12. The van der Waals surface area contributed by atoms with Gasteiger partial charge in [-0.25, -0.2) is 0 Å². The van der Waals surface area contributed by atoms with E-state index in [-0.39, 0.29) is 0 Å². The van der Waals surface area contributed by atoms with Gasteiger partial charge >= 0.3 is 0 Å². The minimum absolute atomic E-state index is 0.710. The number of alkyl halides is 1. The molecule has 54 valence electrons. The average Bonchev–Trinajstić information content (AvgIpc) is 1.88. The van der Waals surface area contributed by atoms with Crippen molar-refractivity contribution in [3.63, 3.8) is 0 Å². The minimum atomic E-state index is 0.710. The van der Waals surface area contributed by atoms with Crippen molar-refractivity contribution in [1.82, 2.24) is 0 Å². The van der Waals surface area contributed by atoms with Crippen LogP contribution in [0.4, 0.5) is 0 Å². The molecular formula is C8H15Cl. The summed E-state index contributed by atoms with van der Waals surface area (Å²) in [6.07, 6.45) is 5.70. The predicted octanol–water partition coefficient (Wildman–Crippen LogP) is 3.36. The van der Waals surface area contributed by atoms with Crippen LogP contribution in [0.1, 0.15) is 33.1 Å². The molecule has 0 amide bonds. The maximum Gasteiger partial charge on any atom is 0.0433 e. The second-order valence-corrected chi connectivity index (χ2v) is 2.42. The minimum Gasteiger partial charge on any atom is -0.122 e. The van der Waals surface area contributed by atoms with Gasteiger partial charge in [0.15, 0.2) is 0 Å². The van der Waals surface area contributed by atoms with Gasteiger partial charge in [-0.05, 0) is 12.8 Å². The molecule has 0 heterocycles. The van der Waals surface area contributed by atoms with E-state index in [2.05, 4.69) is 19.9 Å². The molecule has 0 aliphatic rings. The van der Waals surface area contributed by atoms with Gasteiger partial charge in [-0.3, -0.25) is 0 Å². The van der Waals surface area contributed by atoms with Gasteiger partial charge in [-0.1, -0.05) is 31.9 Å². The van der Waals surface area contributed by atoms with E-state index >= 15 is 0 Å². The van der Waals surface area contributed by atoms with E-state index in [1.165, 1.54) is 12.0 Å². The first kappa shape index (κ1) is 9.03. The SMILES string of the molecule is CC/C=C(/CCl)CCC. The standard InChI is InChI=1S/C8H15Cl/c1-3-5-8(7-9)6-4-2/h5H,3-4,6-7H2,1-2H3/b8-5+. The molecule has 0 saturated heterocycles. The molecule has 0 atom stereocenters. The van der Waals surface area contributed by atoms with Gasteiger partial charge < -0.3 is 0 Å². The van der Waals surface area contributed by atoms with E-state index in [1.807, 2.05) is 0 Å². The molecule has 0 saturated carbocycles. The molecule has 0 bridgehead atoms. The summed E-state index contributed by atoms with van der Waals surface area (Å²) in [4.78, 5) is 0. The van der Waals surface area contributed by atoms with E-state index in [1.54, 1.807) is 0 Å². The molecule has 0 N–H and O–H groups in total. The highest BCUT2D eigenvalue weighted by molar-refractivity contribution is 6.19. The molecule has 0 aromatic carbocycles. The van der Waals surface area contributed by atoms with Gasteiger partial charge in [0.05, 0.1) is 0 Å². The summed E-state index contributed by atoms with van der Waals surface area (Å²) in [6.45, 7) is 4.32. The Morgan fingerprint density at radius 2 is 2.11 bits per heavy atom. The quantitative estimate of drug-likeness (QED) is 0.422. The highest BCUT2D eigenvalue weighted by Gasteiger charge is 1.90. The van der Waals surface area contributed by atoms with E-state index in [0.717, 1.165) is 12.8 Å². The van der Waals surface area contributed by atoms with Crippen LogP contribution in [0.25, 0.3) is 0 Å². The summed E-state index contributed by atoms with van der Waals surface area (Å²) >= 11 is 5.66. The molecular weight excluding hydrogens is 132 g/mol. The monoisotopic (exact) mass is 146 g/mol. The molecule has 0 rings (SSSR count). The fourth-order valence-corrected chi connectivity index (χ4v) is 1.08.